The molecule has 2 heterocycles. The van der Waals surface area contributed by atoms with Crippen molar-refractivity contribution in [2.24, 2.45) is 0 Å². The van der Waals surface area contributed by atoms with Crippen molar-refractivity contribution >= 4 is 17.6 Å². The molecule has 5 rings (SSSR count). The van der Waals surface area contributed by atoms with Gasteiger partial charge in [-0.2, -0.15) is 18.4 Å². The van der Waals surface area contributed by atoms with E-state index in [-0.39, 0.29) is 40.3 Å². The first-order valence-electron chi connectivity index (χ1n) is 14.0. The third-order valence-corrected chi connectivity index (χ3v) is 7.37. The third kappa shape index (κ3) is 6.88. The Hall–Kier alpha value is -5.21. The summed E-state index contributed by atoms with van der Waals surface area (Å²) in [7, 11) is 0. The number of alkyl halides is 3. The lowest BCUT2D eigenvalue weighted by Gasteiger charge is -2.23. The summed E-state index contributed by atoms with van der Waals surface area (Å²) in [5.41, 5.74) is 0.681. The molecule has 1 aromatic heterocycles. The quantitative estimate of drug-likeness (QED) is 0.202. The molecule has 3 aromatic carbocycles. The van der Waals surface area contributed by atoms with Crippen LogP contribution in [0.3, 0.4) is 0 Å². The van der Waals surface area contributed by atoms with E-state index in [1.807, 2.05) is 0 Å². The van der Waals surface area contributed by atoms with Crippen LogP contribution in [0, 0.1) is 11.3 Å². The molecule has 0 saturated carbocycles. The first-order chi connectivity index (χ1) is 21.1. The number of carbonyl (C=O) groups is 2. The van der Waals surface area contributed by atoms with Crippen molar-refractivity contribution in [1.29, 1.82) is 5.26 Å². The molecule has 0 radical (unpaired) electrons. The number of hydrogen-bond acceptors (Lipinski definition) is 6. The molecule has 0 bridgehead atoms. The van der Waals surface area contributed by atoms with E-state index >= 15 is 0 Å². The van der Waals surface area contributed by atoms with Crippen molar-refractivity contribution < 1.29 is 27.9 Å². The van der Waals surface area contributed by atoms with E-state index in [0.717, 1.165) is 50.1 Å². The summed E-state index contributed by atoms with van der Waals surface area (Å²) >= 11 is 0. The van der Waals surface area contributed by atoms with Gasteiger partial charge in [-0.1, -0.05) is 30.7 Å². The average molecular weight is 600 g/mol. The molecule has 1 unspecified atom stereocenters. The Morgan fingerprint density at radius 2 is 1.73 bits per heavy atom. The number of para-hydroxylation sites is 1. The van der Waals surface area contributed by atoms with Gasteiger partial charge in [0.1, 0.15) is 17.4 Å². The van der Waals surface area contributed by atoms with Crippen LogP contribution in [0.4, 0.5) is 19.0 Å². The average Bonchev–Trinajstić information content (AvgIpc) is 3.03. The smallest absolute Gasteiger partial charge is 0.416 e. The molecule has 1 fully saturated rings. The Bertz CT molecular complexity index is 1730. The molecule has 1 saturated heterocycles. The summed E-state index contributed by atoms with van der Waals surface area (Å²) in [6, 6.07) is 20.5. The summed E-state index contributed by atoms with van der Waals surface area (Å²) in [5, 5.41) is 29.6. The third-order valence-electron chi connectivity index (χ3n) is 7.37. The monoisotopic (exact) mass is 599 g/mol. The second-order valence-corrected chi connectivity index (χ2v) is 10.4. The number of pyridine rings is 1. The van der Waals surface area contributed by atoms with Gasteiger partial charge in [0.2, 0.25) is 0 Å². The van der Waals surface area contributed by atoms with E-state index in [9.17, 15) is 33.1 Å². The zero-order chi connectivity index (χ0) is 31.3. The fraction of sp³-hybridized carbons (Fsp3) is 0.212. The predicted molar refractivity (Wildman–Crippen MR) is 159 cm³/mol. The van der Waals surface area contributed by atoms with Gasteiger partial charge in [0.05, 0.1) is 11.3 Å². The number of halogens is 3. The molecular weight excluding hydrogens is 571 g/mol. The highest BCUT2D eigenvalue weighted by atomic mass is 19.4. The number of benzene rings is 3. The number of aromatic hydroxyl groups is 1. The van der Waals surface area contributed by atoms with Crippen LogP contribution < -0.4 is 16.0 Å². The van der Waals surface area contributed by atoms with Gasteiger partial charge >= 0.3 is 6.18 Å². The van der Waals surface area contributed by atoms with Gasteiger partial charge < -0.3 is 21.1 Å². The van der Waals surface area contributed by atoms with Gasteiger partial charge in [-0.05, 0) is 79.5 Å². The Balaban J connectivity index is 1.51. The number of piperidine rings is 1. The van der Waals surface area contributed by atoms with Crippen molar-refractivity contribution in [1.82, 2.24) is 15.6 Å². The topological polar surface area (TPSA) is 127 Å². The summed E-state index contributed by atoms with van der Waals surface area (Å²) in [6.45, 7) is 1.38. The lowest BCUT2D eigenvalue weighted by molar-refractivity contribution is -0.137. The highest BCUT2D eigenvalue weighted by Crippen LogP contribution is 2.36. The minimum atomic E-state index is -4.57. The summed E-state index contributed by atoms with van der Waals surface area (Å²) in [6.07, 6.45) is -1.39. The SMILES string of the molecule is N#Cc1c(-c2cccc(C(=O)NCC3CCCCN3)c2)cc(-c2ccccc2O)nc1NC(=O)c1ccc(C(F)(F)F)cc1. The Morgan fingerprint density at radius 3 is 2.41 bits per heavy atom. The molecule has 224 valence electrons. The minimum Gasteiger partial charge on any atom is -0.507 e. The fourth-order valence-electron chi connectivity index (χ4n) is 5.04. The number of rotatable bonds is 7. The second kappa shape index (κ2) is 13.0. The first-order valence-corrected chi connectivity index (χ1v) is 14.0. The Morgan fingerprint density at radius 1 is 0.955 bits per heavy atom. The second-order valence-electron chi connectivity index (χ2n) is 10.4. The van der Waals surface area contributed by atoms with Crippen LogP contribution in [0.25, 0.3) is 22.4 Å². The van der Waals surface area contributed by atoms with Gasteiger partial charge in [0.15, 0.2) is 5.82 Å². The number of nitrogens with one attached hydrogen (secondary N) is 3. The predicted octanol–water partition coefficient (Wildman–Crippen LogP) is 6.14. The molecule has 4 aromatic rings. The number of hydrogen-bond donors (Lipinski definition) is 4. The van der Waals surface area contributed by atoms with E-state index in [0.29, 0.717) is 28.8 Å². The van der Waals surface area contributed by atoms with Crippen LogP contribution in [0.15, 0.2) is 78.9 Å². The molecule has 1 aliphatic heterocycles. The molecule has 1 aliphatic rings. The van der Waals surface area contributed by atoms with Crippen molar-refractivity contribution in [3.63, 3.8) is 0 Å². The molecular formula is C33H28F3N5O3. The lowest BCUT2D eigenvalue weighted by Crippen LogP contribution is -2.43. The van der Waals surface area contributed by atoms with Crippen LogP contribution in [0.1, 0.15) is 51.1 Å². The molecule has 0 aliphatic carbocycles. The molecule has 0 spiro atoms. The molecule has 4 N–H and O–H groups in total. The number of nitriles is 1. The molecule has 44 heavy (non-hydrogen) atoms. The Labute approximate surface area is 251 Å². The van der Waals surface area contributed by atoms with Gasteiger partial charge in [0.25, 0.3) is 11.8 Å². The maximum Gasteiger partial charge on any atom is 0.416 e. The normalized spacial score (nSPS) is 14.8. The van der Waals surface area contributed by atoms with Crippen LogP contribution in [-0.2, 0) is 6.18 Å². The minimum absolute atomic E-state index is 0.0339. The number of anilines is 1. The van der Waals surface area contributed by atoms with Gasteiger partial charge in [0, 0.05) is 34.8 Å². The number of phenols is 1. The number of aromatic nitrogens is 1. The highest BCUT2D eigenvalue weighted by Gasteiger charge is 2.30. The van der Waals surface area contributed by atoms with E-state index in [4.69, 9.17) is 0 Å². The number of phenolic OH excluding ortho intramolecular Hbond substituents is 1. The number of amides is 2. The van der Waals surface area contributed by atoms with Gasteiger partial charge in [-0.15, -0.1) is 0 Å². The van der Waals surface area contributed by atoms with Crippen LogP contribution >= 0.6 is 0 Å². The van der Waals surface area contributed by atoms with E-state index < -0.39 is 17.6 Å². The van der Waals surface area contributed by atoms with Crippen molar-refractivity contribution in [3.05, 3.63) is 101 Å². The summed E-state index contributed by atoms with van der Waals surface area (Å²) in [4.78, 5) is 30.6. The first kappa shape index (κ1) is 30.3. The van der Waals surface area contributed by atoms with Gasteiger partial charge in [-0.25, -0.2) is 4.98 Å². The highest BCUT2D eigenvalue weighted by molar-refractivity contribution is 6.05. The molecule has 8 nitrogen and oxygen atoms in total. The lowest BCUT2D eigenvalue weighted by atomic mass is 9.96. The van der Waals surface area contributed by atoms with Crippen LogP contribution in [-0.4, -0.2) is 41.0 Å². The van der Waals surface area contributed by atoms with Crippen molar-refractivity contribution in [3.8, 4) is 34.2 Å². The van der Waals surface area contributed by atoms with E-state index in [1.54, 1.807) is 48.5 Å². The fourth-order valence-corrected chi connectivity index (χ4v) is 5.04. The van der Waals surface area contributed by atoms with Gasteiger partial charge in [-0.3, -0.25) is 9.59 Å². The number of carbonyl (C=O) groups excluding carboxylic acids is 2. The zero-order valence-electron chi connectivity index (χ0n) is 23.4. The largest absolute Gasteiger partial charge is 0.507 e. The zero-order valence-corrected chi connectivity index (χ0v) is 23.4. The maximum atomic E-state index is 13.1. The molecule has 1 atom stereocenters. The standard InChI is InChI=1S/C33H28F3N5O3/c34-33(35,36)23-13-11-20(12-14-23)32(44)41-30-27(18-37)26(17-28(40-30)25-9-1-2-10-29(25)42)21-6-5-7-22(16-21)31(43)39-19-24-8-3-4-15-38-24/h1-2,5-7,9-14,16-17,24,38,42H,3-4,8,15,19H2,(H,39,43)(H,40,41,44). The van der Waals surface area contributed by atoms with Crippen LogP contribution in [0.5, 0.6) is 5.75 Å². The summed E-state index contributed by atoms with van der Waals surface area (Å²) < 4.78 is 39.1. The maximum absolute atomic E-state index is 13.1. The van der Waals surface area contributed by atoms with E-state index in [2.05, 4.69) is 27.0 Å². The number of nitrogens with zero attached hydrogens (tertiary/aromatic N) is 2. The molecule has 11 heteroatoms. The van der Waals surface area contributed by atoms with Crippen LogP contribution in [0.2, 0.25) is 0 Å². The molecule has 2 amide bonds. The van der Waals surface area contributed by atoms with Crippen molar-refractivity contribution in [2.45, 2.75) is 31.5 Å². The Kier molecular flexibility index (Phi) is 8.92. The summed E-state index contributed by atoms with van der Waals surface area (Å²) in [5.74, 6) is -1.33. The van der Waals surface area contributed by atoms with Crippen molar-refractivity contribution in [2.75, 3.05) is 18.4 Å². The van der Waals surface area contributed by atoms with E-state index in [1.165, 1.54) is 6.07 Å².